The second-order valence-corrected chi connectivity index (χ2v) is 7.64. The molecule has 3 aromatic rings. The Hall–Kier alpha value is -3.65. The van der Waals surface area contributed by atoms with E-state index in [1.54, 1.807) is 48.1 Å². The number of benzene rings is 1. The number of aromatic hydroxyl groups is 1. The minimum atomic E-state index is -0.846. The number of ether oxygens (including phenoxy) is 1. The van der Waals surface area contributed by atoms with Crippen molar-refractivity contribution in [3.63, 3.8) is 0 Å². The molecular weight excluding hydrogens is 404 g/mol. The summed E-state index contributed by atoms with van der Waals surface area (Å²) in [6, 6.07) is 10.7. The summed E-state index contributed by atoms with van der Waals surface area (Å²) in [7, 11) is 1.41. The van der Waals surface area contributed by atoms with E-state index in [9.17, 15) is 19.8 Å². The maximum absolute atomic E-state index is 13.2. The largest absolute Gasteiger partial charge is 0.504 e. The zero-order chi connectivity index (χ0) is 21.3. The molecule has 0 saturated carbocycles. The molecule has 0 fully saturated rings. The summed E-state index contributed by atoms with van der Waals surface area (Å²) < 4.78 is 5.20. The SMILES string of the molecule is COc1cc([C@H]2C(C(=O)c3cccs3)=C(O)C(=O)N2Cc2cccnc2)ccc1O. The number of ketones is 1. The number of Topliss-reactive ketones (excluding diaryl/α,β-unsaturated/α-hetero) is 1. The van der Waals surface area contributed by atoms with Gasteiger partial charge in [-0.05, 0) is 40.8 Å². The molecule has 2 N–H and O–H groups in total. The van der Waals surface area contributed by atoms with Gasteiger partial charge in [0.2, 0.25) is 5.78 Å². The molecule has 8 heteroatoms. The number of carbonyl (C=O) groups is 2. The first kappa shape index (κ1) is 19.7. The van der Waals surface area contributed by atoms with Crippen molar-refractivity contribution in [2.45, 2.75) is 12.6 Å². The van der Waals surface area contributed by atoms with Crippen LogP contribution >= 0.6 is 11.3 Å². The first-order valence-corrected chi connectivity index (χ1v) is 9.97. The molecule has 1 atom stereocenters. The number of phenols is 1. The molecule has 0 unspecified atom stereocenters. The Bertz CT molecular complexity index is 1130. The normalized spacial score (nSPS) is 16.2. The molecule has 7 nitrogen and oxygen atoms in total. The quantitative estimate of drug-likeness (QED) is 0.589. The number of pyridine rings is 1. The van der Waals surface area contributed by atoms with E-state index in [1.165, 1.54) is 29.4 Å². The van der Waals surface area contributed by atoms with Crippen LogP contribution in [0.2, 0.25) is 0 Å². The van der Waals surface area contributed by atoms with Crippen LogP contribution in [-0.2, 0) is 11.3 Å². The number of amides is 1. The van der Waals surface area contributed by atoms with Gasteiger partial charge < -0.3 is 19.8 Å². The fourth-order valence-electron chi connectivity index (χ4n) is 3.49. The Morgan fingerprint density at radius 1 is 1.23 bits per heavy atom. The average molecular weight is 422 g/mol. The maximum Gasteiger partial charge on any atom is 0.290 e. The van der Waals surface area contributed by atoms with Crippen LogP contribution < -0.4 is 4.74 Å². The Morgan fingerprint density at radius 3 is 2.73 bits per heavy atom. The summed E-state index contributed by atoms with van der Waals surface area (Å²) in [5, 5.41) is 22.4. The van der Waals surface area contributed by atoms with Crippen LogP contribution in [0.1, 0.15) is 26.8 Å². The molecule has 1 aliphatic heterocycles. The van der Waals surface area contributed by atoms with E-state index < -0.39 is 23.5 Å². The predicted octanol–water partition coefficient (Wildman–Crippen LogP) is 3.64. The highest BCUT2D eigenvalue weighted by Gasteiger charge is 2.44. The number of rotatable bonds is 6. The van der Waals surface area contributed by atoms with E-state index in [4.69, 9.17) is 4.74 Å². The summed E-state index contributed by atoms with van der Waals surface area (Å²) in [6.07, 6.45) is 3.25. The van der Waals surface area contributed by atoms with Gasteiger partial charge in [-0.15, -0.1) is 11.3 Å². The van der Waals surface area contributed by atoms with Crippen molar-refractivity contribution in [2.24, 2.45) is 0 Å². The lowest BCUT2D eigenvalue weighted by molar-refractivity contribution is -0.130. The maximum atomic E-state index is 13.2. The van der Waals surface area contributed by atoms with Gasteiger partial charge >= 0.3 is 0 Å². The third kappa shape index (κ3) is 3.42. The van der Waals surface area contributed by atoms with E-state index in [0.29, 0.717) is 10.4 Å². The zero-order valence-electron chi connectivity index (χ0n) is 16.0. The number of aliphatic hydroxyl groups is 1. The number of aliphatic hydroxyl groups excluding tert-OH is 1. The van der Waals surface area contributed by atoms with Crippen LogP contribution in [0.5, 0.6) is 11.5 Å². The Labute approximate surface area is 176 Å². The van der Waals surface area contributed by atoms with Crippen LogP contribution in [0.3, 0.4) is 0 Å². The van der Waals surface area contributed by atoms with Crippen molar-refractivity contribution in [1.82, 2.24) is 9.88 Å². The van der Waals surface area contributed by atoms with E-state index >= 15 is 0 Å². The third-order valence-electron chi connectivity index (χ3n) is 4.89. The van der Waals surface area contributed by atoms with E-state index in [2.05, 4.69) is 4.98 Å². The number of hydrogen-bond acceptors (Lipinski definition) is 7. The monoisotopic (exact) mass is 422 g/mol. The molecule has 1 amide bonds. The molecule has 0 aliphatic carbocycles. The number of hydrogen-bond donors (Lipinski definition) is 2. The Balaban J connectivity index is 1.83. The molecule has 0 bridgehead atoms. The van der Waals surface area contributed by atoms with Gasteiger partial charge in [0.25, 0.3) is 5.91 Å². The van der Waals surface area contributed by atoms with Crippen molar-refractivity contribution in [2.75, 3.05) is 7.11 Å². The zero-order valence-corrected chi connectivity index (χ0v) is 16.8. The summed E-state index contributed by atoms with van der Waals surface area (Å²) in [5.74, 6) is -1.49. The van der Waals surface area contributed by atoms with Gasteiger partial charge in [-0.1, -0.05) is 18.2 Å². The second kappa shape index (κ2) is 8.00. The van der Waals surface area contributed by atoms with Gasteiger partial charge in [0.05, 0.1) is 23.6 Å². The number of methoxy groups -OCH3 is 1. The number of thiophene rings is 1. The standard InChI is InChI=1S/C22H18N2O5S/c1-29-16-10-14(6-7-15(16)25)19-18(20(26)17-5-3-9-30-17)21(27)22(28)24(19)12-13-4-2-8-23-11-13/h2-11,19,25,27H,12H2,1H3/t19-/m0/s1. The molecule has 0 spiro atoms. The molecule has 0 radical (unpaired) electrons. The van der Waals surface area contributed by atoms with Crippen LogP contribution in [-0.4, -0.2) is 38.9 Å². The number of aromatic nitrogens is 1. The summed E-state index contributed by atoms with van der Waals surface area (Å²) in [5.41, 5.74) is 1.28. The first-order chi connectivity index (χ1) is 14.5. The molecule has 1 aromatic carbocycles. The van der Waals surface area contributed by atoms with Gasteiger partial charge in [-0.2, -0.15) is 0 Å². The fourth-order valence-corrected chi connectivity index (χ4v) is 4.17. The van der Waals surface area contributed by atoms with E-state index in [1.807, 2.05) is 6.07 Å². The smallest absolute Gasteiger partial charge is 0.290 e. The van der Waals surface area contributed by atoms with Gasteiger partial charge in [-0.25, -0.2) is 0 Å². The minimum Gasteiger partial charge on any atom is -0.504 e. The van der Waals surface area contributed by atoms with Gasteiger partial charge in [0, 0.05) is 18.9 Å². The second-order valence-electron chi connectivity index (χ2n) is 6.70. The molecule has 0 saturated heterocycles. The molecule has 152 valence electrons. The summed E-state index contributed by atoms with van der Waals surface area (Å²) >= 11 is 1.23. The first-order valence-electron chi connectivity index (χ1n) is 9.09. The third-order valence-corrected chi connectivity index (χ3v) is 5.76. The number of phenolic OH excluding ortho intramolecular Hbond substituents is 1. The van der Waals surface area contributed by atoms with Crippen molar-refractivity contribution >= 4 is 23.0 Å². The van der Waals surface area contributed by atoms with Crippen molar-refractivity contribution in [3.05, 3.63) is 87.6 Å². The van der Waals surface area contributed by atoms with E-state index in [0.717, 1.165) is 5.56 Å². The molecule has 2 aromatic heterocycles. The molecular formula is C22H18N2O5S. The van der Waals surface area contributed by atoms with Crippen molar-refractivity contribution in [1.29, 1.82) is 0 Å². The molecule has 3 heterocycles. The van der Waals surface area contributed by atoms with Crippen LogP contribution in [0.25, 0.3) is 0 Å². The fraction of sp³-hybridized carbons (Fsp3) is 0.136. The van der Waals surface area contributed by atoms with Gasteiger partial charge in [-0.3, -0.25) is 14.6 Å². The Morgan fingerprint density at radius 2 is 2.07 bits per heavy atom. The highest BCUT2D eigenvalue weighted by molar-refractivity contribution is 7.12. The molecule has 4 rings (SSSR count). The average Bonchev–Trinajstić information content (AvgIpc) is 3.38. The van der Waals surface area contributed by atoms with E-state index in [-0.39, 0.29) is 23.6 Å². The molecule has 1 aliphatic rings. The lowest BCUT2D eigenvalue weighted by Gasteiger charge is -2.27. The van der Waals surface area contributed by atoms with Gasteiger partial charge in [0.1, 0.15) is 0 Å². The predicted molar refractivity (Wildman–Crippen MR) is 110 cm³/mol. The van der Waals surface area contributed by atoms with Crippen LogP contribution in [0.4, 0.5) is 0 Å². The molecule has 30 heavy (non-hydrogen) atoms. The topological polar surface area (TPSA) is 100.0 Å². The van der Waals surface area contributed by atoms with Crippen molar-refractivity contribution < 1.29 is 24.5 Å². The summed E-state index contributed by atoms with van der Waals surface area (Å²) in [4.78, 5) is 32.1. The van der Waals surface area contributed by atoms with Gasteiger partial charge in [0.15, 0.2) is 17.3 Å². The number of carbonyl (C=O) groups excluding carboxylic acids is 2. The minimum absolute atomic E-state index is 0.000849. The number of nitrogens with zero attached hydrogens (tertiary/aromatic N) is 2. The highest BCUT2D eigenvalue weighted by atomic mass is 32.1. The highest BCUT2D eigenvalue weighted by Crippen LogP contribution is 2.42. The van der Waals surface area contributed by atoms with Crippen molar-refractivity contribution in [3.8, 4) is 11.5 Å². The lowest BCUT2D eigenvalue weighted by atomic mass is 9.95. The lowest BCUT2D eigenvalue weighted by Crippen LogP contribution is -2.30. The summed E-state index contributed by atoms with van der Waals surface area (Å²) in [6.45, 7) is 0.145. The van der Waals surface area contributed by atoms with Crippen LogP contribution in [0.15, 0.2) is 71.6 Å². The van der Waals surface area contributed by atoms with Crippen LogP contribution in [0, 0.1) is 0 Å². The Kier molecular flexibility index (Phi) is 5.24.